The number of likely N-dealkylation sites (tertiary alicyclic amines) is 1. The van der Waals surface area contributed by atoms with Crippen molar-refractivity contribution in [3.05, 3.63) is 59.9 Å². The molecule has 1 aliphatic heterocycles. The van der Waals surface area contributed by atoms with Crippen LogP contribution in [0.3, 0.4) is 0 Å². The highest BCUT2D eigenvalue weighted by Gasteiger charge is 2.30. The number of nitrogens with one attached hydrogen (secondary N) is 1. The van der Waals surface area contributed by atoms with Gasteiger partial charge in [-0.3, -0.25) is 4.98 Å². The van der Waals surface area contributed by atoms with Crippen LogP contribution in [-0.2, 0) is 0 Å². The molecule has 1 saturated heterocycles. The van der Waals surface area contributed by atoms with Gasteiger partial charge < -0.3 is 10.2 Å². The molecule has 5 heteroatoms. The Balaban J connectivity index is 1.72. The van der Waals surface area contributed by atoms with Crippen LogP contribution < -0.4 is 5.32 Å². The number of amides is 2. The first-order valence-corrected chi connectivity index (χ1v) is 7.25. The SMILES string of the molecule is N#Cc1ccc(NC(=O)N2CCC[C@@H]2c2cccnc2)cc1. The number of rotatable bonds is 2. The summed E-state index contributed by atoms with van der Waals surface area (Å²) in [5, 5.41) is 11.7. The van der Waals surface area contributed by atoms with Gasteiger partial charge in [-0.25, -0.2) is 4.79 Å². The summed E-state index contributed by atoms with van der Waals surface area (Å²) in [6.45, 7) is 0.738. The first-order chi connectivity index (χ1) is 10.8. The summed E-state index contributed by atoms with van der Waals surface area (Å²) in [5.74, 6) is 0. The van der Waals surface area contributed by atoms with E-state index in [0.29, 0.717) is 11.3 Å². The second-order valence-electron chi connectivity index (χ2n) is 5.26. The molecule has 0 aliphatic carbocycles. The number of aromatic nitrogens is 1. The fraction of sp³-hybridized carbons (Fsp3) is 0.235. The van der Waals surface area contributed by atoms with Crippen LogP contribution in [0, 0.1) is 11.3 Å². The molecule has 3 rings (SSSR count). The van der Waals surface area contributed by atoms with E-state index in [9.17, 15) is 4.79 Å². The monoisotopic (exact) mass is 292 g/mol. The molecule has 1 atom stereocenters. The lowest BCUT2D eigenvalue weighted by molar-refractivity contribution is 0.207. The van der Waals surface area contributed by atoms with Crippen molar-refractivity contribution in [1.82, 2.24) is 9.88 Å². The third-order valence-corrected chi connectivity index (χ3v) is 3.85. The standard InChI is InChI=1S/C17H16N4O/c18-11-13-5-7-15(8-6-13)20-17(22)21-10-2-4-16(21)14-3-1-9-19-12-14/h1,3,5-9,12,16H,2,4,10H2,(H,20,22)/t16-/m1/s1. The van der Waals surface area contributed by atoms with E-state index in [-0.39, 0.29) is 12.1 Å². The molecule has 1 fully saturated rings. The molecule has 5 nitrogen and oxygen atoms in total. The number of carbonyl (C=O) groups is 1. The van der Waals surface area contributed by atoms with Crippen molar-refractivity contribution in [2.24, 2.45) is 0 Å². The fourth-order valence-corrected chi connectivity index (χ4v) is 2.75. The summed E-state index contributed by atoms with van der Waals surface area (Å²) < 4.78 is 0. The van der Waals surface area contributed by atoms with Gasteiger partial charge in [0.25, 0.3) is 0 Å². The fourth-order valence-electron chi connectivity index (χ4n) is 2.75. The molecule has 0 bridgehead atoms. The molecule has 22 heavy (non-hydrogen) atoms. The van der Waals surface area contributed by atoms with Crippen LogP contribution in [0.15, 0.2) is 48.8 Å². The van der Waals surface area contributed by atoms with Crippen molar-refractivity contribution >= 4 is 11.7 Å². The van der Waals surface area contributed by atoms with Gasteiger partial charge in [-0.1, -0.05) is 6.07 Å². The topological polar surface area (TPSA) is 69.0 Å². The van der Waals surface area contributed by atoms with Gasteiger partial charge in [-0.2, -0.15) is 5.26 Å². The molecule has 0 radical (unpaired) electrons. The second-order valence-corrected chi connectivity index (χ2v) is 5.26. The van der Waals surface area contributed by atoms with E-state index in [4.69, 9.17) is 5.26 Å². The molecule has 0 spiro atoms. The second kappa shape index (κ2) is 6.27. The first kappa shape index (κ1) is 14.1. The molecule has 1 aromatic heterocycles. The molecule has 2 heterocycles. The normalized spacial score (nSPS) is 17.0. The van der Waals surface area contributed by atoms with Gasteiger partial charge in [0.2, 0.25) is 0 Å². The number of anilines is 1. The van der Waals surface area contributed by atoms with E-state index >= 15 is 0 Å². The number of carbonyl (C=O) groups excluding carboxylic acids is 1. The van der Waals surface area contributed by atoms with Gasteiger partial charge in [0.15, 0.2) is 0 Å². The van der Waals surface area contributed by atoms with Crippen molar-refractivity contribution in [2.45, 2.75) is 18.9 Å². The molecule has 1 aromatic carbocycles. The minimum Gasteiger partial charge on any atom is -0.317 e. The minimum atomic E-state index is -0.115. The minimum absolute atomic E-state index is 0.0760. The molecule has 2 amide bonds. The quantitative estimate of drug-likeness (QED) is 0.923. The molecule has 1 N–H and O–H groups in total. The van der Waals surface area contributed by atoms with Crippen LogP contribution in [0.1, 0.15) is 30.0 Å². The summed E-state index contributed by atoms with van der Waals surface area (Å²) in [5.41, 5.74) is 2.34. The number of urea groups is 1. The number of nitrogens with zero attached hydrogens (tertiary/aromatic N) is 3. The average molecular weight is 292 g/mol. The third-order valence-electron chi connectivity index (χ3n) is 3.85. The summed E-state index contributed by atoms with van der Waals surface area (Å²) in [4.78, 5) is 18.5. The molecular weight excluding hydrogens is 276 g/mol. The van der Waals surface area contributed by atoms with Gasteiger partial charge in [-0.05, 0) is 48.7 Å². The van der Waals surface area contributed by atoms with Crippen LogP contribution in [0.5, 0.6) is 0 Å². The highest BCUT2D eigenvalue weighted by atomic mass is 16.2. The molecule has 0 saturated carbocycles. The highest BCUT2D eigenvalue weighted by molar-refractivity contribution is 5.89. The van der Waals surface area contributed by atoms with E-state index in [2.05, 4.69) is 16.4 Å². The maximum absolute atomic E-state index is 12.5. The van der Waals surface area contributed by atoms with Crippen LogP contribution in [0.25, 0.3) is 0 Å². The van der Waals surface area contributed by atoms with Crippen LogP contribution >= 0.6 is 0 Å². The maximum atomic E-state index is 12.5. The number of nitriles is 1. The van der Waals surface area contributed by atoms with E-state index in [1.165, 1.54) is 0 Å². The predicted octanol–water partition coefficient (Wildman–Crippen LogP) is 3.32. The molecule has 110 valence electrons. The van der Waals surface area contributed by atoms with E-state index in [0.717, 1.165) is 24.9 Å². The number of pyridine rings is 1. The largest absolute Gasteiger partial charge is 0.322 e. The first-order valence-electron chi connectivity index (χ1n) is 7.25. The maximum Gasteiger partial charge on any atom is 0.322 e. The summed E-state index contributed by atoms with van der Waals surface area (Å²) >= 11 is 0. The molecular formula is C17H16N4O. The van der Waals surface area contributed by atoms with Crippen molar-refractivity contribution in [1.29, 1.82) is 5.26 Å². The summed E-state index contributed by atoms with van der Waals surface area (Å²) in [6, 6.07) is 12.8. The predicted molar refractivity (Wildman–Crippen MR) is 83.1 cm³/mol. The van der Waals surface area contributed by atoms with E-state index in [1.54, 1.807) is 30.5 Å². The Hall–Kier alpha value is -2.87. The molecule has 0 unspecified atom stereocenters. The zero-order valence-corrected chi connectivity index (χ0v) is 12.1. The lowest BCUT2D eigenvalue weighted by atomic mass is 10.1. The summed E-state index contributed by atoms with van der Waals surface area (Å²) in [7, 11) is 0. The smallest absolute Gasteiger partial charge is 0.317 e. The lowest BCUT2D eigenvalue weighted by Crippen LogP contribution is -2.34. The van der Waals surface area contributed by atoms with Crippen molar-refractivity contribution in [3.8, 4) is 6.07 Å². The number of hydrogen-bond donors (Lipinski definition) is 1. The van der Waals surface area contributed by atoms with Gasteiger partial charge in [0, 0.05) is 24.6 Å². The zero-order valence-electron chi connectivity index (χ0n) is 12.1. The van der Waals surface area contributed by atoms with E-state index < -0.39 is 0 Å². The zero-order chi connectivity index (χ0) is 15.4. The van der Waals surface area contributed by atoms with Gasteiger partial charge >= 0.3 is 6.03 Å². The van der Waals surface area contributed by atoms with Crippen molar-refractivity contribution < 1.29 is 4.79 Å². The van der Waals surface area contributed by atoms with Crippen LogP contribution in [-0.4, -0.2) is 22.5 Å². The Morgan fingerprint density at radius 1 is 1.32 bits per heavy atom. The molecule has 2 aromatic rings. The number of hydrogen-bond acceptors (Lipinski definition) is 3. The summed E-state index contributed by atoms with van der Waals surface area (Å²) in [6.07, 6.45) is 5.49. The van der Waals surface area contributed by atoms with E-state index in [1.807, 2.05) is 23.2 Å². The highest BCUT2D eigenvalue weighted by Crippen LogP contribution is 2.31. The third kappa shape index (κ3) is 2.91. The Kier molecular flexibility index (Phi) is 4.01. The van der Waals surface area contributed by atoms with Gasteiger partial charge in [0.1, 0.15) is 0 Å². The average Bonchev–Trinajstić information content (AvgIpc) is 3.06. The van der Waals surface area contributed by atoms with Crippen molar-refractivity contribution in [3.63, 3.8) is 0 Å². The van der Waals surface area contributed by atoms with Crippen LogP contribution in [0.2, 0.25) is 0 Å². The Labute approximate surface area is 129 Å². The van der Waals surface area contributed by atoms with Gasteiger partial charge in [0.05, 0.1) is 17.7 Å². The Morgan fingerprint density at radius 2 is 2.14 bits per heavy atom. The van der Waals surface area contributed by atoms with Gasteiger partial charge in [-0.15, -0.1) is 0 Å². The molecule has 1 aliphatic rings. The lowest BCUT2D eigenvalue weighted by Gasteiger charge is -2.25. The Morgan fingerprint density at radius 3 is 2.82 bits per heavy atom. The van der Waals surface area contributed by atoms with Crippen LogP contribution in [0.4, 0.5) is 10.5 Å². The number of benzene rings is 1. The Bertz CT molecular complexity index is 691. The van der Waals surface area contributed by atoms with Crippen molar-refractivity contribution in [2.75, 3.05) is 11.9 Å².